The number of hydrogen-bond donors (Lipinski definition) is 0. The summed E-state index contributed by atoms with van der Waals surface area (Å²) < 4.78 is 9.61. The summed E-state index contributed by atoms with van der Waals surface area (Å²) in [5, 5.41) is 0.538. The van der Waals surface area contributed by atoms with Crippen molar-refractivity contribution in [3.8, 4) is 5.75 Å². The minimum atomic E-state index is -0.409. The monoisotopic (exact) mass is 270 g/mol. The predicted octanol–water partition coefficient (Wildman–Crippen LogP) is 2.79. The quantitative estimate of drug-likeness (QED) is 0.610. The third kappa shape index (κ3) is 3.47. The standard InChI is InChI=1S/C13H15ClO4/c1-8-6-9(12(17-2)7-10(8)14)11(15)4-5-13(16)18-3/h6-7H,4-5H2,1-3H3. The van der Waals surface area contributed by atoms with Crippen LogP contribution in [0.1, 0.15) is 28.8 Å². The van der Waals surface area contributed by atoms with Crippen LogP contribution in [0.5, 0.6) is 5.75 Å². The van der Waals surface area contributed by atoms with Crippen LogP contribution in [0.25, 0.3) is 0 Å². The van der Waals surface area contributed by atoms with Crippen LogP contribution in [-0.4, -0.2) is 26.0 Å². The maximum absolute atomic E-state index is 12.0. The topological polar surface area (TPSA) is 52.6 Å². The lowest BCUT2D eigenvalue weighted by Gasteiger charge is -2.09. The lowest BCUT2D eigenvalue weighted by Crippen LogP contribution is -2.07. The highest BCUT2D eigenvalue weighted by atomic mass is 35.5. The van der Waals surface area contributed by atoms with Crippen molar-refractivity contribution in [1.29, 1.82) is 0 Å². The Morgan fingerprint density at radius 3 is 2.44 bits per heavy atom. The first-order chi connectivity index (χ1) is 8.49. The molecule has 18 heavy (non-hydrogen) atoms. The number of ether oxygens (including phenoxy) is 2. The minimum Gasteiger partial charge on any atom is -0.496 e. The van der Waals surface area contributed by atoms with E-state index in [0.29, 0.717) is 16.3 Å². The van der Waals surface area contributed by atoms with Crippen LogP contribution in [-0.2, 0) is 9.53 Å². The van der Waals surface area contributed by atoms with E-state index >= 15 is 0 Å². The SMILES string of the molecule is COC(=O)CCC(=O)c1cc(C)c(Cl)cc1OC. The molecule has 0 amide bonds. The van der Waals surface area contributed by atoms with Crippen molar-refractivity contribution in [3.63, 3.8) is 0 Å². The van der Waals surface area contributed by atoms with Gasteiger partial charge in [0.15, 0.2) is 5.78 Å². The van der Waals surface area contributed by atoms with E-state index < -0.39 is 5.97 Å². The molecule has 0 bridgehead atoms. The van der Waals surface area contributed by atoms with Crippen molar-refractivity contribution < 1.29 is 19.1 Å². The first-order valence-corrected chi connectivity index (χ1v) is 5.81. The third-order valence-corrected chi connectivity index (χ3v) is 2.97. The van der Waals surface area contributed by atoms with E-state index in [1.54, 1.807) is 19.1 Å². The Labute approximate surface area is 111 Å². The van der Waals surface area contributed by atoms with Crippen molar-refractivity contribution in [2.45, 2.75) is 19.8 Å². The van der Waals surface area contributed by atoms with Crippen molar-refractivity contribution in [2.75, 3.05) is 14.2 Å². The fourth-order valence-corrected chi connectivity index (χ4v) is 1.66. The second-order valence-electron chi connectivity index (χ2n) is 3.80. The van der Waals surface area contributed by atoms with Crippen molar-refractivity contribution in [2.24, 2.45) is 0 Å². The fraction of sp³-hybridized carbons (Fsp3) is 0.385. The van der Waals surface area contributed by atoms with E-state index in [9.17, 15) is 9.59 Å². The number of carbonyl (C=O) groups excluding carboxylic acids is 2. The summed E-state index contributed by atoms with van der Waals surface area (Å²) in [5.74, 6) is -0.162. The molecule has 0 saturated carbocycles. The van der Waals surface area contributed by atoms with Crippen molar-refractivity contribution in [3.05, 3.63) is 28.3 Å². The highest BCUT2D eigenvalue weighted by Gasteiger charge is 2.15. The molecule has 4 nitrogen and oxygen atoms in total. The lowest BCUT2D eigenvalue weighted by molar-refractivity contribution is -0.140. The maximum atomic E-state index is 12.0. The van der Waals surface area contributed by atoms with Gasteiger partial charge in [0.05, 0.1) is 26.2 Å². The molecule has 0 unspecified atom stereocenters. The van der Waals surface area contributed by atoms with Gasteiger partial charge < -0.3 is 9.47 Å². The van der Waals surface area contributed by atoms with E-state index in [2.05, 4.69) is 4.74 Å². The Bertz CT molecular complexity index is 468. The molecule has 0 aliphatic carbocycles. The number of halogens is 1. The number of ketones is 1. The summed E-state index contributed by atoms with van der Waals surface area (Å²) in [6.45, 7) is 1.80. The van der Waals surface area contributed by atoms with Gasteiger partial charge in [-0.2, -0.15) is 0 Å². The maximum Gasteiger partial charge on any atom is 0.305 e. The van der Waals surface area contributed by atoms with Gasteiger partial charge in [-0.15, -0.1) is 0 Å². The van der Waals surface area contributed by atoms with Gasteiger partial charge >= 0.3 is 5.97 Å². The molecular formula is C13H15ClO4. The molecule has 0 aliphatic rings. The molecule has 0 aliphatic heterocycles. The van der Waals surface area contributed by atoms with Gasteiger partial charge in [0.1, 0.15) is 5.75 Å². The third-order valence-electron chi connectivity index (χ3n) is 2.57. The first kappa shape index (κ1) is 14.5. The molecular weight excluding hydrogens is 256 g/mol. The first-order valence-electron chi connectivity index (χ1n) is 5.43. The Kier molecular flexibility index (Phi) is 5.16. The molecule has 0 fully saturated rings. The van der Waals surface area contributed by atoms with Crippen LogP contribution < -0.4 is 4.74 Å². The molecule has 1 aromatic carbocycles. The average molecular weight is 271 g/mol. The Balaban J connectivity index is 2.91. The number of carbonyl (C=O) groups is 2. The summed E-state index contributed by atoms with van der Waals surface area (Å²) in [6, 6.07) is 3.27. The molecule has 0 radical (unpaired) electrons. The van der Waals surface area contributed by atoms with Gasteiger partial charge in [-0.3, -0.25) is 9.59 Å². The Morgan fingerprint density at radius 1 is 1.22 bits per heavy atom. The van der Waals surface area contributed by atoms with E-state index in [-0.39, 0.29) is 18.6 Å². The molecule has 0 N–H and O–H groups in total. The number of aryl methyl sites for hydroxylation is 1. The van der Waals surface area contributed by atoms with Crippen LogP contribution in [0.3, 0.4) is 0 Å². The largest absolute Gasteiger partial charge is 0.496 e. The smallest absolute Gasteiger partial charge is 0.305 e. The zero-order valence-corrected chi connectivity index (χ0v) is 11.3. The zero-order chi connectivity index (χ0) is 13.7. The molecule has 0 saturated heterocycles. The summed E-state index contributed by atoms with van der Waals surface area (Å²) in [6.07, 6.45) is 0.143. The van der Waals surface area contributed by atoms with Gasteiger partial charge in [0, 0.05) is 11.4 Å². The summed E-state index contributed by atoms with van der Waals surface area (Å²) in [4.78, 5) is 23.0. The molecule has 0 heterocycles. The molecule has 5 heteroatoms. The van der Waals surface area contributed by atoms with Crippen molar-refractivity contribution in [1.82, 2.24) is 0 Å². The average Bonchev–Trinajstić information content (AvgIpc) is 2.37. The van der Waals surface area contributed by atoms with Gasteiger partial charge in [-0.1, -0.05) is 11.6 Å². The normalized spacial score (nSPS) is 10.0. The highest BCUT2D eigenvalue weighted by Crippen LogP contribution is 2.27. The van der Waals surface area contributed by atoms with Crippen molar-refractivity contribution >= 4 is 23.4 Å². The van der Waals surface area contributed by atoms with Crippen LogP contribution >= 0.6 is 11.6 Å². The second kappa shape index (κ2) is 6.40. The van der Waals surface area contributed by atoms with E-state index in [4.69, 9.17) is 16.3 Å². The number of rotatable bonds is 5. The van der Waals surface area contributed by atoms with Crippen LogP contribution in [0, 0.1) is 6.92 Å². The van der Waals surface area contributed by atoms with Crippen LogP contribution in [0.2, 0.25) is 5.02 Å². The van der Waals surface area contributed by atoms with E-state index in [0.717, 1.165) is 5.56 Å². The summed E-state index contributed by atoms with van der Waals surface area (Å²) in [7, 11) is 2.76. The Hall–Kier alpha value is -1.55. The lowest BCUT2D eigenvalue weighted by atomic mass is 10.0. The number of hydrogen-bond acceptors (Lipinski definition) is 4. The highest BCUT2D eigenvalue weighted by molar-refractivity contribution is 6.31. The van der Waals surface area contributed by atoms with Gasteiger partial charge in [0.25, 0.3) is 0 Å². The molecule has 98 valence electrons. The van der Waals surface area contributed by atoms with Crippen LogP contribution in [0.15, 0.2) is 12.1 Å². The molecule has 1 rings (SSSR count). The minimum absolute atomic E-state index is 0.0557. The van der Waals surface area contributed by atoms with E-state index in [1.165, 1.54) is 14.2 Å². The molecule has 0 spiro atoms. The second-order valence-corrected chi connectivity index (χ2v) is 4.21. The molecule has 1 aromatic rings. The number of Topliss-reactive ketones (excluding diaryl/α,β-unsaturated/α-hetero) is 1. The van der Waals surface area contributed by atoms with Gasteiger partial charge in [0.2, 0.25) is 0 Å². The van der Waals surface area contributed by atoms with Crippen LogP contribution in [0.4, 0.5) is 0 Å². The summed E-state index contributed by atoms with van der Waals surface area (Å²) >= 11 is 5.95. The summed E-state index contributed by atoms with van der Waals surface area (Å²) in [5.41, 5.74) is 1.22. The van der Waals surface area contributed by atoms with E-state index in [1.807, 2.05) is 0 Å². The molecule has 0 atom stereocenters. The zero-order valence-electron chi connectivity index (χ0n) is 10.6. The number of benzene rings is 1. The Morgan fingerprint density at radius 2 is 1.89 bits per heavy atom. The van der Waals surface area contributed by atoms with Gasteiger partial charge in [-0.05, 0) is 24.6 Å². The predicted molar refractivity (Wildman–Crippen MR) is 68.3 cm³/mol. The van der Waals surface area contributed by atoms with Gasteiger partial charge in [-0.25, -0.2) is 0 Å². The molecule has 0 aromatic heterocycles. The number of esters is 1. The number of methoxy groups -OCH3 is 2. The fourth-order valence-electron chi connectivity index (χ4n) is 1.50.